The van der Waals surface area contributed by atoms with Gasteiger partial charge in [-0.15, -0.1) is 0 Å². The van der Waals surface area contributed by atoms with E-state index >= 15 is 0 Å². The Morgan fingerprint density at radius 3 is 2.91 bits per heavy atom. The van der Waals surface area contributed by atoms with Crippen molar-refractivity contribution in [3.05, 3.63) is 0 Å². The van der Waals surface area contributed by atoms with Gasteiger partial charge in [0.05, 0.1) is 5.71 Å². The maximum Gasteiger partial charge on any atom is 0.303 e. The van der Waals surface area contributed by atoms with E-state index in [1.165, 1.54) is 0 Å². The zero-order valence-corrected chi connectivity index (χ0v) is 6.16. The minimum absolute atomic E-state index is 0.179. The van der Waals surface area contributed by atoms with Gasteiger partial charge in [0.15, 0.2) is 0 Å². The number of hydrogen-bond donors (Lipinski definition) is 2. The molecule has 1 atom stereocenters. The molecule has 0 radical (unpaired) electrons. The summed E-state index contributed by atoms with van der Waals surface area (Å²) in [5.74, 6) is -0.590. The molecule has 1 saturated carbocycles. The lowest BCUT2D eigenvalue weighted by atomic mass is 10.0. The van der Waals surface area contributed by atoms with E-state index in [1.54, 1.807) is 0 Å². The van der Waals surface area contributed by atoms with Crippen LogP contribution in [0, 0.1) is 5.92 Å². The van der Waals surface area contributed by atoms with Crippen molar-refractivity contribution in [1.29, 1.82) is 0 Å². The maximum atomic E-state index is 10.2. The molecule has 0 saturated heterocycles. The van der Waals surface area contributed by atoms with Gasteiger partial charge in [-0.3, -0.25) is 4.79 Å². The minimum atomic E-state index is -0.769. The topological polar surface area (TPSA) is 69.9 Å². The molecule has 0 aliphatic heterocycles. The van der Waals surface area contributed by atoms with Gasteiger partial charge in [0.1, 0.15) is 0 Å². The van der Waals surface area contributed by atoms with Crippen LogP contribution in [0.25, 0.3) is 0 Å². The lowest BCUT2D eigenvalue weighted by molar-refractivity contribution is -0.138. The molecule has 11 heavy (non-hydrogen) atoms. The molecule has 62 valence electrons. The van der Waals surface area contributed by atoms with E-state index in [2.05, 4.69) is 5.16 Å². The molecule has 2 N–H and O–H groups in total. The Kier molecular flexibility index (Phi) is 2.46. The van der Waals surface area contributed by atoms with Gasteiger partial charge in [0.25, 0.3) is 0 Å². The number of rotatable bonds is 2. The van der Waals surface area contributed by atoms with Gasteiger partial charge in [0, 0.05) is 6.42 Å². The number of oxime groups is 1. The highest BCUT2D eigenvalue weighted by molar-refractivity contribution is 5.86. The second-order valence-corrected chi connectivity index (χ2v) is 2.87. The fourth-order valence-corrected chi connectivity index (χ4v) is 1.42. The van der Waals surface area contributed by atoms with Crippen molar-refractivity contribution in [1.82, 2.24) is 0 Å². The van der Waals surface area contributed by atoms with E-state index in [-0.39, 0.29) is 12.3 Å². The van der Waals surface area contributed by atoms with Crippen LogP contribution in [0.4, 0.5) is 0 Å². The number of nitrogens with zero attached hydrogens (tertiary/aromatic N) is 1. The standard InChI is InChI=1S/C7H11NO3/c9-7(10)4-5-1-2-6(3-5)8-11/h5,11H,1-4H2,(H,9,10). The summed E-state index contributed by atoms with van der Waals surface area (Å²) in [6, 6.07) is 0. The Hall–Kier alpha value is -1.06. The van der Waals surface area contributed by atoms with Crippen molar-refractivity contribution in [2.24, 2.45) is 11.1 Å². The van der Waals surface area contributed by atoms with Crippen molar-refractivity contribution in [3.63, 3.8) is 0 Å². The van der Waals surface area contributed by atoms with Crippen LogP contribution in [0.3, 0.4) is 0 Å². The van der Waals surface area contributed by atoms with E-state index in [0.717, 1.165) is 18.6 Å². The molecule has 1 fully saturated rings. The predicted molar refractivity (Wildman–Crippen MR) is 38.8 cm³/mol. The molecule has 0 aromatic heterocycles. The molecule has 0 amide bonds. The summed E-state index contributed by atoms with van der Waals surface area (Å²) in [5.41, 5.74) is 0.733. The van der Waals surface area contributed by atoms with Gasteiger partial charge in [-0.1, -0.05) is 5.16 Å². The average Bonchev–Trinajstić information content (AvgIpc) is 2.34. The second-order valence-electron chi connectivity index (χ2n) is 2.87. The predicted octanol–water partition coefficient (Wildman–Crippen LogP) is 1.09. The molecule has 1 rings (SSSR count). The molecule has 4 heteroatoms. The first kappa shape index (κ1) is 8.04. The van der Waals surface area contributed by atoms with Gasteiger partial charge < -0.3 is 10.3 Å². The Bertz CT molecular complexity index is 188. The van der Waals surface area contributed by atoms with Gasteiger partial charge >= 0.3 is 5.97 Å². The molecule has 0 heterocycles. The number of carboxylic acid groups (broad SMARTS) is 1. The van der Waals surface area contributed by atoms with Crippen LogP contribution >= 0.6 is 0 Å². The Labute approximate surface area is 64.5 Å². The Morgan fingerprint density at radius 2 is 2.45 bits per heavy atom. The average molecular weight is 157 g/mol. The van der Waals surface area contributed by atoms with Crippen molar-refractivity contribution in [2.75, 3.05) is 0 Å². The van der Waals surface area contributed by atoms with E-state index in [0.29, 0.717) is 6.42 Å². The summed E-state index contributed by atoms with van der Waals surface area (Å²) >= 11 is 0. The highest BCUT2D eigenvalue weighted by atomic mass is 16.4. The third kappa shape index (κ3) is 2.22. The summed E-state index contributed by atoms with van der Waals surface area (Å²) in [5, 5.41) is 19.9. The van der Waals surface area contributed by atoms with Crippen molar-refractivity contribution in [3.8, 4) is 0 Å². The summed E-state index contributed by atoms with van der Waals surface area (Å²) in [6.07, 6.45) is 2.42. The SMILES string of the molecule is O=C(O)CC1CCC(=NO)C1. The van der Waals surface area contributed by atoms with Crippen LogP contribution in [0.2, 0.25) is 0 Å². The third-order valence-corrected chi connectivity index (χ3v) is 1.97. The summed E-state index contributed by atoms with van der Waals surface area (Å²) in [6.45, 7) is 0. The monoisotopic (exact) mass is 157 g/mol. The van der Waals surface area contributed by atoms with Crippen LogP contribution in [-0.4, -0.2) is 22.0 Å². The van der Waals surface area contributed by atoms with Crippen molar-refractivity contribution in [2.45, 2.75) is 25.7 Å². The molecule has 0 bridgehead atoms. The quantitative estimate of drug-likeness (QED) is 0.465. The molecule has 1 aliphatic rings. The molecule has 1 unspecified atom stereocenters. The first-order chi connectivity index (χ1) is 5.22. The molecular formula is C7H11NO3. The van der Waals surface area contributed by atoms with E-state index in [1.807, 2.05) is 0 Å². The smallest absolute Gasteiger partial charge is 0.303 e. The summed E-state index contributed by atoms with van der Waals surface area (Å²) in [4.78, 5) is 10.2. The highest BCUT2D eigenvalue weighted by Gasteiger charge is 2.22. The van der Waals surface area contributed by atoms with E-state index in [9.17, 15) is 4.79 Å². The van der Waals surface area contributed by atoms with Gasteiger partial charge in [-0.25, -0.2) is 0 Å². The second kappa shape index (κ2) is 3.37. The molecule has 4 nitrogen and oxygen atoms in total. The largest absolute Gasteiger partial charge is 0.481 e. The van der Waals surface area contributed by atoms with Crippen LogP contribution in [-0.2, 0) is 4.79 Å². The van der Waals surface area contributed by atoms with Gasteiger partial charge in [-0.05, 0) is 25.2 Å². The highest BCUT2D eigenvalue weighted by Crippen LogP contribution is 2.25. The Morgan fingerprint density at radius 1 is 1.73 bits per heavy atom. The lowest BCUT2D eigenvalue weighted by Gasteiger charge is -2.01. The van der Waals surface area contributed by atoms with Crippen molar-refractivity contribution < 1.29 is 15.1 Å². The number of carboxylic acids is 1. The molecule has 1 aliphatic carbocycles. The van der Waals surface area contributed by atoms with Crippen LogP contribution in [0.5, 0.6) is 0 Å². The van der Waals surface area contributed by atoms with Crippen LogP contribution < -0.4 is 0 Å². The third-order valence-electron chi connectivity index (χ3n) is 1.97. The summed E-state index contributed by atoms with van der Waals surface area (Å²) in [7, 11) is 0. The zero-order valence-electron chi connectivity index (χ0n) is 6.16. The minimum Gasteiger partial charge on any atom is -0.481 e. The van der Waals surface area contributed by atoms with E-state index < -0.39 is 5.97 Å². The van der Waals surface area contributed by atoms with Crippen LogP contribution in [0.15, 0.2) is 5.16 Å². The number of carbonyl (C=O) groups is 1. The molecule has 0 aromatic carbocycles. The van der Waals surface area contributed by atoms with Crippen LogP contribution in [0.1, 0.15) is 25.7 Å². The summed E-state index contributed by atoms with van der Waals surface area (Å²) < 4.78 is 0. The first-order valence-corrected chi connectivity index (χ1v) is 3.64. The van der Waals surface area contributed by atoms with E-state index in [4.69, 9.17) is 10.3 Å². The fourth-order valence-electron chi connectivity index (χ4n) is 1.42. The van der Waals surface area contributed by atoms with Gasteiger partial charge in [-0.2, -0.15) is 0 Å². The molecule has 0 spiro atoms. The first-order valence-electron chi connectivity index (χ1n) is 3.64. The normalized spacial score (nSPS) is 27.6. The fraction of sp³-hybridized carbons (Fsp3) is 0.714. The number of hydrogen-bond acceptors (Lipinski definition) is 3. The zero-order chi connectivity index (χ0) is 8.27. The molecular weight excluding hydrogens is 146 g/mol. The maximum absolute atomic E-state index is 10.2. The number of aliphatic carboxylic acids is 1. The van der Waals surface area contributed by atoms with Crippen molar-refractivity contribution >= 4 is 11.7 Å². The molecule has 0 aromatic rings. The van der Waals surface area contributed by atoms with Gasteiger partial charge in [0.2, 0.25) is 0 Å². The lowest BCUT2D eigenvalue weighted by Crippen LogP contribution is -2.04. The Balaban J connectivity index is 2.36.